The second-order valence-corrected chi connectivity index (χ2v) is 9.91. The molecule has 3 aromatic rings. The number of amides is 2. The summed E-state index contributed by atoms with van der Waals surface area (Å²) in [5.41, 5.74) is 5.56. The fraction of sp³-hybridized carbons (Fsp3) is 0.300. The lowest BCUT2D eigenvalue weighted by atomic mass is 9.98. The van der Waals surface area contributed by atoms with E-state index in [1.54, 1.807) is 6.20 Å². The number of carbonyl (C=O) groups is 1. The summed E-state index contributed by atoms with van der Waals surface area (Å²) in [6, 6.07) is 12.2. The summed E-state index contributed by atoms with van der Waals surface area (Å²) >= 11 is 2.46. The van der Waals surface area contributed by atoms with Crippen molar-refractivity contribution in [2.45, 2.75) is 36.2 Å². The second kappa shape index (κ2) is 6.57. The number of nitrogens with one attached hydrogen (secondary N) is 3. The summed E-state index contributed by atoms with van der Waals surface area (Å²) in [6.45, 7) is 4.42. The fourth-order valence-electron chi connectivity index (χ4n) is 3.53. The quantitative estimate of drug-likeness (QED) is 0.379. The maximum absolute atomic E-state index is 12.5. The Kier molecular flexibility index (Phi) is 4.38. The molecular formula is C20H21IN4O. The van der Waals surface area contributed by atoms with Crippen LogP contribution in [0.3, 0.4) is 0 Å². The molecule has 0 bridgehead atoms. The van der Waals surface area contributed by atoms with Gasteiger partial charge in [-0.15, -0.1) is 0 Å². The van der Waals surface area contributed by atoms with Crippen molar-refractivity contribution < 1.29 is 4.79 Å². The number of rotatable bonds is 3. The summed E-state index contributed by atoms with van der Waals surface area (Å²) in [6.07, 6.45) is 3.66. The summed E-state index contributed by atoms with van der Waals surface area (Å²) in [7, 11) is 0. The summed E-state index contributed by atoms with van der Waals surface area (Å²) in [5.74, 6) is 0. The highest BCUT2D eigenvalue weighted by atomic mass is 127. The fourth-order valence-corrected chi connectivity index (χ4v) is 3.87. The van der Waals surface area contributed by atoms with E-state index in [0.29, 0.717) is 0 Å². The van der Waals surface area contributed by atoms with Gasteiger partial charge in [-0.3, -0.25) is 5.10 Å². The maximum atomic E-state index is 12.5. The number of carbonyl (C=O) groups excluding carboxylic acids is 1. The van der Waals surface area contributed by atoms with Crippen molar-refractivity contribution >= 4 is 45.2 Å². The molecule has 1 aliphatic rings. The summed E-state index contributed by atoms with van der Waals surface area (Å²) in [4.78, 5) is 12.5. The van der Waals surface area contributed by atoms with Gasteiger partial charge in [0.05, 0.1) is 23.4 Å². The SMILES string of the molecule is CC(C)(I)c1ccc2c(c1)CC[C@@H]2NC(=O)Nc1cccc2[nH]ncc12. The third kappa shape index (κ3) is 3.30. The van der Waals surface area contributed by atoms with Gasteiger partial charge >= 0.3 is 6.03 Å². The van der Waals surface area contributed by atoms with E-state index in [0.717, 1.165) is 29.4 Å². The molecule has 0 saturated heterocycles. The Morgan fingerprint density at radius 2 is 2.15 bits per heavy atom. The highest BCUT2D eigenvalue weighted by Gasteiger charge is 2.26. The topological polar surface area (TPSA) is 69.8 Å². The molecule has 1 aliphatic carbocycles. The van der Waals surface area contributed by atoms with Crippen LogP contribution in [0.2, 0.25) is 0 Å². The monoisotopic (exact) mass is 460 g/mol. The number of aromatic nitrogens is 2. The second-order valence-electron chi connectivity index (χ2n) is 7.21. The maximum Gasteiger partial charge on any atom is 0.319 e. The number of alkyl halides is 1. The molecule has 0 radical (unpaired) electrons. The number of hydrogen-bond donors (Lipinski definition) is 3. The molecule has 0 fully saturated rings. The lowest BCUT2D eigenvalue weighted by molar-refractivity contribution is 0.248. The van der Waals surface area contributed by atoms with Crippen LogP contribution in [0.5, 0.6) is 0 Å². The largest absolute Gasteiger partial charge is 0.331 e. The van der Waals surface area contributed by atoms with Gasteiger partial charge in [-0.25, -0.2) is 4.79 Å². The average Bonchev–Trinajstić information content (AvgIpc) is 3.21. The van der Waals surface area contributed by atoms with Crippen LogP contribution < -0.4 is 10.6 Å². The van der Waals surface area contributed by atoms with Crippen LogP contribution in [-0.4, -0.2) is 16.2 Å². The zero-order chi connectivity index (χ0) is 18.3. The van der Waals surface area contributed by atoms with Gasteiger partial charge in [-0.1, -0.05) is 46.9 Å². The Morgan fingerprint density at radius 1 is 1.31 bits per heavy atom. The molecule has 134 valence electrons. The lowest BCUT2D eigenvalue weighted by Crippen LogP contribution is -2.31. The number of hydrogen-bond acceptors (Lipinski definition) is 2. The lowest BCUT2D eigenvalue weighted by Gasteiger charge is -2.19. The number of halogens is 1. The molecule has 0 spiro atoms. The van der Waals surface area contributed by atoms with E-state index < -0.39 is 0 Å². The number of H-pyrrole nitrogens is 1. The van der Waals surface area contributed by atoms with Crippen molar-refractivity contribution in [3.63, 3.8) is 0 Å². The minimum Gasteiger partial charge on any atom is -0.331 e. The zero-order valence-electron chi connectivity index (χ0n) is 14.8. The summed E-state index contributed by atoms with van der Waals surface area (Å²) < 4.78 is 0.110. The first kappa shape index (κ1) is 17.3. The van der Waals surface area contributed by atoms with Crippen molar-refractivity contribution in [2.75, 3.05) is 5.32 Å². The molecule has 4 rings (SSSR count). The molecular weight excluding hydrogens is 439 g/mol. The predicted octanol–water partition coefficient (Wildman–Crippen LogP) is 5.04. The molecule has 0 aliphatic heterocycles. The van der Waals surface area contributed by atoms with Crippen molar-refractivity contribution in [1.82, 2.24) is 15.5 Å². The van der Waals surface area contributed by atoms with Gasteiger partial charge in [0.1, 0.15) is 0 Å². The predicted molar refractivity (Wildman–Crippen MR) is 113 cm³/mol. The molecule has 1 atom stereocenters. The molecule has 5 nitrogen and oxygen atoms in total. The number of benzene rings is 2. The average molecular weight is 460 g/mol. The van der Waals surface area contributed by atoms with Crippen molar-refractivity contribution in [2.24, 2.45) is 0 Å². The van der Waals surface area contributed by atoms with Gasteiger partial charge in [0.15, 0.2) is 0 Å². The molecule has 2 amide bonds. The van der Waals surface area contributed by atoms with E-state index in [2.05, 4.69) is 75.5 Å². The van der Waals surface area contributed by atoms with Crippen LogP contribution in [-0.2, 0) is 9.84 Å². The standard InChI is InChI=1S/C20H21IN4O/c1-20(2,21)13-7-8-14-12(10-13)6-9-17(14)24-19(26)23-16-4-3-5-18-15(16)11-22-25-18/h3-5,7-8,10-11,17H,6,9H2,1-2H3,(H,22,25)(H2,23,24,26)/t17-/m0/s1. The number of nitrogens with zero attached hydrogens (tertiary/aromatic N) is 1. The van der Waals surface area contributed by atoms with Crippen molar-refractivity contribution in [3.05, 3.63) is 59.3 Å². The van der Waals surface area contributed by atoms with Crippen molar-refractivity contribution in [3.8, 4) is 0 Å². The van der Waals surface area contributed by atoms with Crippen LogP contribution >= 0.6 is 22.6 Å². The number of fused-ring (bicyclic) bond motifs is 2. The highest BCUT2D eigenvalue weighted by Crippen LogP contribution is 2.37. The first-order valence-corrected chi connectivity index (χ1v) is 9.81. The van der Waals surface area contributed by atoms with Gasteiger partial charge in [0.2, 0.25) is 0 Å². The third-order valence-corrected chi connectivity index (χ3v) is 5.57. The molecule has 0 unspecified atom stereocenters. The highest BCUT2D eigenvalue weighted by molar-refractivity contribution is 14.1. The Morgan fingerprint density at radius 3 is 2.96 bits per heavy atom. The number of anilines is 1. The van der Waals surface area contributed by atoms with Crippen LogP contribution in [0.4, 0.5) is 10.5 Å². The van der Waals surface area contributed by atoms with Crippen LogP contribution in [0.15, 0.2) is 42.6 Å². The Labute approximate surface area is 166 Å². The van der Waals surface area contributed by atoms with Gasteiger partial charge in [-0.05, 0) is 55.5 Å². The van der Waals surface area contributed by atoms with E-state index in [4.69, 9.17) is 0 Å². The minimum atomic E-state index is -0.185. The first-order valence-electron chi connectivity index (χ1n) is 8.73. The van der Waals surface area contributed by atoms with E-state index in [9.17, 15) is 4.79 Å². The minimum absolute atomic E-state index is 0.0555. The smallest absolute Gasteiger partial charge is 0.319 e. The molecule has 3 N–H and O–H groups in total. The normalized spacial score (nSPS) is 16.5. The van der Waals surface area contributed by atoms with E-state index in [1.807, 2.05) is 18.2 Å². The van der Waals surface area contributed by atoms with E-state index in [-0.39, 0.29) is 15.5 Å². The van der Waals surface area contributed by atoms with Gasteiger partial charge < -0.3 is 10.6 Å². The molecule has 1 aromatic heterocycles. The number of urea groups is 1. The molecule has 0 saturated carbocycles. The molecule has 1 heterocycles. The van der Waals surface area contributed by atoms with Crippen molar-refractivity contribution in [1.29, 1.82) is 0 Å². The van der Waals surface area contributed by atoms with E-state index >= 15 is 0 Å². The Hall–Kier alpha value is -2.09. The summed E-state index contributed by atoms with van der Waals surface area (Å²) in [5, 5.41) is 13.9. The molecule has 6 heteroatoms. The van der Waals surface area contributed by atoms with Gasteiger partial charge in [-0.2, -0.15) is 5.10 Å². The number of aryl methyl sites for hydroxylation is 1. The van der Waals surface area contributed by atoms with E-state index in [1.165, 1.54) is 16.7 Å². The third-order valence-electron chi connectivity index (χ3n) is 4.95. The Bertz CT molecular complexity index is 973. The first-order chi connectivity index (χ1) is 12.4. The number of aromatic amines is 1. The zero-order valence-corrected chi connectivity index (χ0v) is 16.9. The molecule has 26 heavy (non-hydrogen) atoms. The van der Waals surface area contributed by atoms with Crippen LogP contribution in [0, 0.1) is 0 Å². The molecule has 2 aromatic carbocycles. The van der Waals surface area contributed by atoms with Gasteiger partial charge in [0, 0.05) is 8.81 Å². The Balaban J connectivity index is 1.49. The van der Waals surface area contributed by atoms with Crippen LogP contribution in [0.25, 0.3) is 10.9 Å². The van der Waals surface area contributed by atoms with Gasteiger partial charge in [0.25, 0.3) is 0 Å². The van der Waals surface area contributed by atoms with Crippen LogP contribution in [0.1, 0.15) is 43.0 Å².